The molecule has 1 fully saturated rings. The molecule has 0 amide bonds. The summed E-state index contributed by atoms with van der Waals surface area (Å²) in [6.45, 7) is 2.11. The fraction of sp³-hybridized carbons (Fsp3) is 0.455. The van der Waals surface area contributed by atoms with Gasteiger partial charge in [0.05, 0.1) is 0 Å². The van der Waals surface area contributed by atoms with Gasteiger partial charge in [-0.1, -0.05) is 29.8 Å². The van der Waals surface area contributed by atoms with Gasteiger partial charge in [0.15, 0.2) is 0 Å². The minimum atomic E-state index is 0.282. The topological polar surface area (TPSA) is 26.0 Å². The Labute approximate surface area is 73.6 Å². The molecule has 1 heteroatoms. The highest BCUT2D eigenvalue weighted by atomic mass is 14.7. The molecule has 0 aromatic heterocycles. The average Bonchev–Trinajstić information content (AvgIpc) is 2.85. The lowest BCUT2D eigenvalue weighted by molar-refractivity contribution is 0.633. The van der Waals surface area contributed by atoms with Gasteiger partial charge in [-0.05, 0) is 31.2 Å². The Morgan fingerprint density at radius 2 is 2.17 bits per heavy atom. The first-order valence-electron chi connectivity index (χ1n) is 4.59. The minimum absolute atomic E-state index is 0.282. The van der Waals surface area contributed by atoms with Crippen molar-refractivity contribution < 1.29 is 0 Å². The lowest BCUT2D eigenvalue weighted by Gasteiger charge is -2.10. The Bertz CT molecular complexity index is 276. The van der Waals surface area contributed by atoms with Gasteiger partial charge in [0.2, 0.25) is 0 Å². The third kappa shape index (κ3) is 1.51. The molecule has 1 aromatic rings. The van der Waals surface area contributed by atoms with Crippen LogP contribution in [0.15, 0.2) is 24.3 Å². The number of benzene rings is 1. The van der Waals surface area contributed by atoms with Crippen LogP contribution < -0.4 is 5.73 Å². The monoisotopic (exact) mass is 161 g/mol. The van der Waals surface area contributed by atoms with Crippen LogP contribution in [-0.4, -0.2) is 0 Å². The van der Waals surface area contributed by atoms with Gasteiger partial charge in [-0.25, -0.2) is 0 Å². The van der Waals surface area contributed by atoms with E-state index in [9.17, 15) is 0 Å². The maximum Gasteiger partial charge on any atom is 0.0323 e. The fourth-order valence-electron chi connectivity index (χ4n) is 1.60. The Balaban J connectivity index is 2.20. The molecule has 1 atom stereocenters. The van der Waals surface area contributed by atoms with Gasteiger partial charge in [0, 0.05) is 6.04 Å². The maximum atomic E-state index is 6.07. The van der Waals surface area contributed by atoms with E-state index in [1.54, 1.807) is 0 Å². The summed E-state index contributed by atoms with van der Waals surface area (Å²) in [4.78, 5) is 0. The summed E-state index contributed by atoms with van der Waals surface area (Å²) in [5, 5.41) is 0. The predicted molar refractivity (Wildman–Crippen MR) is 50.8 cm³/mol. The van der Waals surface area contributed by atoms with E-state index in [2.05, 4.69) is 31.2 Å². The van der Waals surface area contributed by atoms with Crippen LogP contribution in [0.25, 0.3) is 0 Å². The minimum Gasteiger partial charge on any atom is -0.324 e. The van der Waals surface area contributed by atoms with Crippen LogP contribution in [0.1, 0.15) is 30.0 Å². The molecule has 2 rings (SSSR count). The van der Waals surface area contributed by atoms with Crippen molar-refractivity contribution in [3.8, 4) is 0 Å². The van der Waals surface area contributed by atoms with Gasteiger partial charge in [0.25, 0.3) is 0 Å². The molecule has 1 saturated carbocycles. The van der Waals surface area contributed by atoms with E-state index in [4.69, 9.17) is 5.73 Å². The molecule has 1 nitrogen and oxygen atoms in total. The van der Waals surface area contributed by atoms with Crippen LogP contribution >= 0.6 is 0 Å². The van der Waals surface area contributed by atoms with Crippen molar-refractivity contribution in [1.29, 1.82) is 0 Å². The number of aryl methyl sites for hydroxylation is 1. The van der Waals surface area contributed by atoms with Crippen molar-refractivity contribution in [2.24, 2.45) is 11.7 Å². The normalized spacial score (nSPS) is 19.2. The molecule has 1 unspecified atom stereocenters. The molecular formula is C11H15N. The largest absolute Gasteiger partial charge is 0.324 e. The van der Waals surface area contributed by atoms with Gasteiger partial charge in [0.1, 0.15) is 0 Å². The SMILES string of the molecule is Cc1cccc(C(N)C2CC2)c1. The molecule has 0 aliphatic heterocycles. The van der Waals surface area contributed by atoms with Crippen LogP contribution in [0, 0.1) is 12.8 Å². The summed E-state index contributed by atoms with van der Waals surface area (Å²) in [5.74, 6) is 0.756. The van der Waals surface area contributed by atoms with Crippen LogP contribution in [-0.2, 0) is 0 Å². The third-order valence-electron chi connectivity index (χ3n) is 2.56. The first kappa shape index (κ1) is 7.81. The Hall–Kier alpha value is -0.820. The van der Waals surface area contributed by atoms with Gasteiger partial charge in [-0.15, -0.1) is 0 Å². The van der Waals surface area contributed by atoms with E-state index < -0.39 is 0 Å². The summed E-state index contributed by atoms with van der Waals surface area (Å²) in [7, 11) is 0. The zero-order chi connectivity index (χ0) is 8.55. The molecule has 2 N–H and O–H groups in total. The zero-order valence-corrected chi connectivity index (χ0v) is 7.46. The summed E-state index contributed by atoms with van der Waals surface area (Å²) in [6.07, 6.45) is 2.63. The van der Waals surface area contributed by atoms with Crippen molar-refractivity contribution in [2.75, 3.05) is 0 Å². The van der Waals surface area contributed by atoms with Gasteiger partial charge >= 0.3 is 0 Å². The molecule has 0 bridgehead atoms. The predicted octanol–water partition coefficient (Wildman–Crippen LogP) is 2.40. The molecular weight excluding hydrogens is 146 g/mol. The molecule has 0 spiro atoms. The number of hydrogen-bond donors (Lipinski definition) is 1. The zero-order valence-electron chi connectivity index (χ0n) is 7.46. The average molecular weight is 161 g/mol. The fourth-order valence-corrected chi connectivity index (χ4v) is 1.60. The number of hydrogen-bond acceptors (Lipinski definition) is 1. The summed E-state index contributed by atoms with van der Waals surface area (Å²) in [6, 6.07) is 8.82. The van der Waals surface area contributed by atoms with Crippen LogP contribution in [0.5, 0.6) is 0 Å². The molecule has 12 heavy (non-hydrogen) atoms. The van der Waals surface area contributed by atoms with E-state index in [1.807, 2.05) is 0 Å². The molecule has 0 radical (unpaired) electrons. The summed E-state index contributed by atoms with van der Waals surface area (Å²) in [5.41, 5.74) is 8.68. The lowest BCUT2D eigenvalue weighted by atomic mass is 10.0. The maximum absolute atomic E-state index is 6.07. The smallest absolute Gasteiger partial charge is 0.0323 e. The highest BCUT2D eigenvalue weighted by molar-refractivity contribution is 5.26. The Morgan fingerprint density at radius 1 is 1.42 bits per heavy atom. The third-order valence-corrected chi connectivity index (χ3v) is 2.56. The molecule has 64 valence electrons. The van der Waals surface area contributed by atoms with Crippen molar-refractivity contribution in [2.45, 2.75) is 25.8 Å². The molecule has 1 aliphatic carbocycles. The first-order chi connectivity index (χ1) is 5.77. The molecule has 1 aromatic carbocycles. The quantitative estimate of drug-likeness (QED) is 0.708. The second-order valence-corrected chi connectivity index (χ2v) is 3.78. The van der Waals surface area contributed by atoms with Gasteiger partial charge in [-0.3, -0.25) is 0 Å². The van der Waals surface area contributed by atoms with Gasteiger partial charge < -0.3 is 5.73 Å². The first-order valence-corrected chi connectivity index (χ1v) is 4.59. The highest BCUT2D eigenvalue weighted by Gasteiger charge is 2.29. The summed E-state index contributed by atoms with van der Waals surface area (Å²) < 4.78 is 0. The molecule has 1 aliphatic rings. The van der Waals surface area contributed by atoms with Crippen molar-refractivity contribution >= 4 is 0 Å². The van der Waals surface area contributed by atoms with Crippen molar-refractivity contribution in [3.63, 3.8) is 0 Å². The van der Waals surface area contributed by atoms with E-state index in [1.165, 1.54) is 24.0 Å². The number of rotatable bonds is 2. The van der Waals surface area contributed by atoms with E-state index >= 15 is 0 Å². The van der Waals surface area contributed by atoms with Crippen LogP contribution in [0.2, 0.25) is 0 Å². The van der Waals surface area contributed by atoms with E-state index in [-0.39, 0.29) is 6.04 Å². The highest BCUT2D eigenvalue weighted by Crippen LogP contribution is 2.39. The van der Waals surface area contributed by atoms with Crippen molar-refractivity contribution in [3.05, 3.63) is 35.4 Å². The second kappa shape index (κ2) is 2.91. The van der Waals surface area contributed by atoms with Crippen LogP contribution in [0.4, 0.5) is 0 Å². The van der Waals surface area contributed by atoms with Crippen molar-refractivity contribution in [1.82, 2.24) is 0 Å². The molecule has 0 heterocycles. The van der Waals surface area contributed by atoms with E-state index in [0.717, 1.165) is 5.92 Å². The standard InChI is InChI=1S/C11H15N/c1-8-3-2-4-10(7-8)11(12)9-5-6-9/h2-4,7,9,11H,5-6,12H2,1H3. The second-order valence-electron chi connectivity index (χ2n) is 3.78. The van der Waals surface area contributed by atoms with Crippen LogP contribution in [0.3, 0.4) is 0 Å². The van der Waals surface area contributed by atoms with E-state index in [0.29, 0.717) is 0 Å². The number of nitrogens with two attached hydrogens (primary N) is 1. The Morgan fingerprint density at radius 3 is 2.75 bits per heavy atom. The Kier molecular flexibility index (Phi) is 1.89. The van der Waals surface area contributed by atoms with Gasteiger partial charge in [-0.2, -0.15) is 0 Å². The summed E-state index contributed by atoms with van der Waals surface area (Å²) >= 11 is 0. The molecule has 0 saturated heterocycles. The lowest BCUT2D eigenvalue weighted by Crippen LogP contribution is -2.12.